The second-order valence-corrected chi connectivity index (χ2v) is 8.89. The van der Waals surface area contributed by atoms with Gasteiger partial charge in [0, 0.05) is 9.75 Å². The molecule has 1 N–H and O–H groups in total. The van der Waals surface area contributed by atoms with E-state index in [2.05, 4.69) is 11.4 Å². The molecule has 106 valence electrons. The summed E-state index contributed by atoms with van der Waals surface area (Å²) in [5.41, 5.74) is 1.12. The van der Waals surface area contributed by atoms with Crippen LogP contribution in [0.15, 0.2) is 6.07 Å². The van der Waals surface area contributed by atoms with E-state index in [9.17, 15) is 13.2 Å². The lowest BCUT2D eigenvalue weighted by atomic mass is 10.1. The first-order chi connectivity index (χ1) is 8.78. The summed E-state index contributed by atoms with van der Waals surface area (Å²) in [7, 11) is -3.00. The van der Waals surface area contributed by atoms with Gasteiger partial charge in [0.25, 0.3) is 0 Å². The van der Waals surface area contributed by atoms with Crippen molar-refractivity contribution in [3.63, 3.8) is 0 Å². The fraction of sp³-hybridized carbons (Fsp3) is 0.615. The second-order valence-electron chi connectivity index (χ2n) is 5.20. The number of hydrogen-bond acceptors (Lipinski definition) is 4. The van der Waals surface area contributed by atoms with Crippen molar-refractivity contribution in [1.29, 1.82) is 0 Å². The van der Waals surface area contributed by atoms with Crippen LogP contribution in [0.4, 0.5) is 0 Å². The summed E-state index contributed by atoms with van der Waals surface area (Å²) in [6, 6.07) is 2.01. The van der Waals surface area contributed by atoms with Gasteiger partial charge in [-0.15, -0.1) is 11.3 Å². The first-order valence-electron chi connectivity index (χ1n) is 6.36. The molecule has 0 aliphatic carbocycles. The van der Waals surface area contributed by atoms with Gasteiger partial charge in [0.15, 0.2) is 9.84 Å². The Kier molecular flexibility index (Phi) is 4.01. The van der Waals surface area contributed by atoms with Gasteiger partial charge in [0.05, 0.1) is 23.5 Å². The lowest BCUT2D eigenvalue weighted by molar-refractivity contribution is -0.124. The monoisotopic (exact) mass is 301 g/mol. The number of carbonyl (C=O) groups excluding carboxylic acids is 1. The zero-order valence-corrected chi connectivity index (χ0v) is 13.0. The molecule has 0 spiro atoms. The molecular formula is C13H19NO3S2. The van der Waals surface area contributed by atoms with E-state index in [-0.39, 0.29) is 29.4 Å². The Morgan fingerprint density at radius 3 is 2.63 bits per heavy atom. The Morgan fingerprint density at radius 1 is 1.47 bits per heavy atom. The molecule has 1 aliphatic heterocycles. The quantitative estimate of drug-likeness (QED) is 0.928. The summed E-state index contributed by atoms with van der Waals surface area (Å²) >= 11 is 1.71. The first-order valence-corrected chi connectivity index (χ1v) is 9.00. The lowest BCUT2D eigenvalue weighted by Gasteiger charge is -2.16. The minimum absolute atomic E-state index is 0.00675. The molecule has 2 heterocycles. The van der Waals surface area contributed by atoms with Crippen LogP contribution in [0.5, 0.6) is 0 Å². The maximum absolute atomic E-state index is 12.1. The van der Waals surface area contributed by atoms with Gasteiger partial charge in [-0.3, -0.25) is 4.79 Å². The number of nitrogens with one attached hydrogen (secondary N) is 1. The molecule has 0 aromatic carbocycles. The van der Waals surface area contributed by atoms with Crippen LogP contribution in [0.1, 0.15) is 34.7 Å². The molecule has 1 aromatic heterocycles. The van der Waals surface area contributed by atoms with Gasteiger partial charge >= 0.3 is 0 Å². The van der Waals surface area contributed by atoms with Gasteiger partial charge in [-0.05, 0) is 38.8 Å². The zero-order valence-electron chi connectivity index (χ0n) is 11.4. The average Bonchev–Trinajstić information content (AvgIpc) is 2.81. The molecule has 1 aromatic rings. The summed E-state index contributed by atoms with van der Waals surface area (Å²) in [4.78, 5) is 14.5. The molecule has 0 radical (unpaired) electrons. The number of sulfone groups is 1. The molecule has 1 aliphatic rings. The predicted molar refractivity (Wildman–Crippen MR) is 77.1 cm³/mol. The summed E-state index contributed by atoms with van der Waals surface area (Å²) in [5, 5.41) is 2.93. The van der Waals surface area contributed by atoms with Crippen molar-refractivity contribution in [1.82, 2.24) is 5.32 Å². The molecule has 0 saturated carbocycles. The summed E-state index contributed by atoms with van der Waals surface area (Å²) in [6.45, 7) is 6.02. The van der Waals surface area contributed by atoms with Crippen LogP contribution < -0.4 is 5.32 Å². The fourth-order valence-electron chi connectivity index (χ4n) is 2.49. The SMILES string of the molecule is Cc1cc(C(C)NC(=O)C2CCS(=O)(=O)C2)c(C)s1. The summed E-state index contributed by atoms with van der Waals surface area (Å²) in [5.74, 6) is -0.396. The molecule has 1 amide bonds. The Balaban J connectivity index is 2.02. The van der Waals surface area contributed by atoms with Crippen LogP contribution in [-0.2, 0) is 14.6 Å². The largest absolute Gasteiger partial charge is 0.349 e. The average molecular weight is 301 g/mol. The smallest absolute Gasteiger partial charge is 0.224 e. The van der Waals surface area contributed by atoms with Gasteiger partial charge in [-0.2, -0.15) is 0 Å². The van der Waals surface area contributed by atoms with Crippen molar-refractivity contribution < 1.29 is 13.2 Å². The lowest BCUT2D eigenvalue weighted by Crippen LogP contribution is -2.33. The maximum Gasteiger partial charge on any atom is 0.224 e. The van der Waals surface area contributed by atoms with E-state index in [0.717, 1.165) is 5.56 Å². The van der Waals surface area contributed by atoms with Crippen molar-refractivity contribution in [2.24, 2.45) is 5.92 Å². The maximum atomic E-state index is 12.1. The van der Waals surface area contributed by atoms with Gasteiger partial charge in [0.2, 0.25) is 5.91 Å². The third-order valence-electron chi connectivity index (χ3n) is 3.51. The molecule has 2 rings (SSSR count). The minimum atomic E-state index is -3.00. The van der Waals surface area contributed by atoms with E-state index in [0.29, 0.717) is 6.42 Å². The highest BCUT2D eigenvalue weighted by molar-refractivity contribution is 7.91. The first kappa shape index (κ1) is 14.5. The standard InChI is InChI=1S/C13H19NO3S2/c1-8-6-12(10(3)18-8)9(2)14-13(15)11-4-5-19(16,17)7-11/h6,9,11H,4-5,7H2,1-3H3,(H,14,15). The molecule has 2 atom stereocenters. The highest BCUT2D eigenvalue weighted by Gasteiger charge is 2.33. The summed E-state index contributed by atoms with van der Waals surface area (Å²) < 4.78 is 22.8. The van der Waals surface area contributed by atoms with Crippen molar-refractivity contribution in [2.45, 2.75) is 33.2 Å². The van der Waals surface area contributed by atoms with Gasteiger partial charge in [-0.1, -0.05) is 0 Å². The minimum Gasteiger partial charge on any atom is -0.349 e. The second kappa shape index (κ2) is 5.25. The number of hydrogen-bond donors (Lipinski definition) is 1. The van der Waals surface area contributed by atoms with Gasteiger partial charge < -0.3 is 5.32 Å². The molecule has 2 unspecified atom stereocenters. The van der Waals surface area contributed by atoms with E-state index >= 15 is 0 Å². The van der Waals surface area contributed by atoms with E-state index in [4.69, 9.17) is 0 Å². The van der Waals surface area contributed by atoms with E-state index in [1.807, 2.05) is 20.8 Å². The normalized spacial score (nSPS) is 23.2. The Morgan fingerprint density at radius 2 is 2.16 bits per heavy atom. The molecule has 19 heavy (non-hydrogen) atoms. The molecule has 1 fully saturated rings. The number of rotatable bonds is 3. The molecule has 6 heteroatoms. The van der Waals surface area contributed by atoms with Crippen LogP contribution in [0.25, 0.3) is 0 Å². The van der Waals surface area contributed by atoms with Crippen molar-refractivity contribution in [2.75, 3.05) is 11.5 Å². The van der Waals surface area contributed by atoms with Gasteiger partial charge in [0.1, 0.15) is 0 Å². The number of carbonyl (C=O) groups is 1. The third kappa shape index (κ3) is 3.36. The summed E-state index contributed by atoms with van der Waals surface area (Å²) in [6.07, 6.45) is 0.447. The molecule has 4 nitrogen and oxygen atoms in total. The predicted octanol–water partition coefficient (Wildman–Crippen LogP) is 1.98. The highest BCUT2D eigenvalue weighted by Crippen LogP contribution is 2.27. The van der Waals surface area contributed by atoms with Crippen molar-refractivity contribution in [3.8, 4) is 0 Å². The highest BCUT2D eigenvalue weighted by atomic mass is 32.2. The molecule has 1 saturated heterocycles. The number of thiophene rings is 1. The molecule has 0 bridgehead atoms. The molecular weight excluding hydrogens is 282 g/mol. The van der Waals surface area contributed by atoms with Crippen LogP contribution in [-0.4, -0.2) is 25.8 Å². The van der Waals surface area contributed by atoms with Crippen LogP contribution in [0, 0.1) is 19.8 Å². The van der Waals surface area contributed by atoms with Crippen molar-refractivity contribution in [3.05, 3.63) is 21.4 Å². The number of amides is 1. The third-order valence-corrected chi connectivity index (χ3v) is 6.26. The zero-order chi connectivity index (χ0) is 14.2. The Labute approximate surface area is 118 Å². The topological polar surface area (TPSA) is 63.2 Å². The van der Waals surface area contributed by atoms with E-state index in [1.54, 1.807) is 11.3 Å². The fourth-order valence-corrected chi connectivity index (χ4v) is 5.25. The van der Waals surface area contributed by atoms with Crippen LogP contribution >= 0.6 is 11.3 Å². The van der Waals surface area contributed by atoms with Crippen LogP contribution in [0.2, 0.25) is 0 Å². The van der Waals surface area contributed by atoms with Crippen molar-refractivity contribution >= 4 is 27.1 Å². The van der Waals surface area contributed by atoms with Crippen LogP contribution in [0.3, 0.4) is 0 Å². The van der Waals surface area contributed by atoms with E-state index < -0.39 is 9.84 Å². The Bertz CT molecular complexity index is 589. The Hall–Kier alpha value is -0.880. The van der Waals surface area contributed by atoms with E-state index in [1.165, 1.54) is 9.75 Å². The van der Waals surface area contributed by atoms with Gasteiger partial charge in [-0.25, -0.2) is 8.42 Å². The number of aryl methyl sites for hydroxylation is 2.